The Morgan fingerprint density at radius 1 is 1.14 bits per heavy atom. The Morgan fingerprint density at radius 2 is 1.91 bits per heavy atom. The highest BCUT2D eigenvalue weighted by molar-refractivity contribution is 7.98. The van der Waals surface area contributed by atoms with E-state index in [0.29, 0.717) is 0 Å². The van der Waals surface area contributed by atoms with E-state index >= 15 is 0 Å². The van der Waals surface area contributed by atoms with Crippen molar-refractivity contribution in [3.63, 3.8) is 0 Å². The number of fused-ring (bicyclic) bond motifs is 2. The first kappa shape index (κ1) is 13.7. The number of hydrogen-bond acceptors (Lipinski definition) is 3. The number of anilines is 1. The number of nitrogens with zero attached hydrogens (tertiary/aromatic N) is 1. The van der Waals surface area contributed by atoms with Crippen molar-refractivity contribution in [2.45, 2.75) is 24.2 Å². The van der Waals surface area contributed by atoms with Crippen molar-refractivity contribution in [2.24, 2.45) is 0 Å². The molecule has 2 N–H and O–H groups in total. The van der Waals surface area contributed by atoms with E-state index in [2.05, 4.69) is 66.8 Å². The summed E-state index contributed by atoms with van der Waals surface area (Å²) in [5.41, 5.74) is 6.01. The first-order valence-corrected chi connectivity index (χ1v) is 8.72. The van der Waals surface area contributed by atoms with Gasteiger partial charge in [0.25, 0.3) is 0 Å². The predicted molar refractivity (Wildman–Crippen MR) is 94.8 cm³/mol. The lowest BCUT2D eigenvalue weighted by Crippen LogP contribution is -2.18. The molecule has 0 aliphatic carbocycles. The second kappa shape index (κ2) is 4.78. The number of thioether (sulfide) groups is 1. The van der Waals surface area contributed by atoms with Gasteiger partial charge in [-0.2, -0.15) is 0 Å². The van der Waals surface area contributed by atoms with Crippen molar-refractivity contribution < 1.29 is 0 Å². The van der Waals surface area contributed by atoms with E-state index in [4.69, 9.17) is 4.98 Å². The molecule has 0 unspecified atom stereocenters. The molecule has 0 saturated carbocycles. The molecule has 2 heterocycles. The standard InChI is InChI=1S/C18H19N3S/c1-18(2)10-19-14-9-16-15(8-13(14)18)20-17(21-16)11-4-6-12(22-3)7-5-11/h4-9,19H,10H2,1-3H3,(H,20,21). The van der Waals surface area contributed by atoms with Crippen LogP contribution < -0.4 is 5.32 Å². The Kier molecular flexibility index (Phi) is 2.98. The highest BCUT2D eigenvalue weighted by Crippen LogP contribution is 2.38. The van der Waals surface area contributed by atoms with E-state index in [-0.39, 0.29) is 5.41 Å². The zero-order valence-electron chi connectivity index (χ0n) is 13.0. The van der Waals surface area contributed by atoms with Gasteiger partial charge >= 0.3 is 0 Å². The summed E-state index contributed by atoms with van der Waals surface area (Å²) in [6.45, 7) is 5.52. The van der Waals surface area contributed by atoms with Crippen molar-refractivity contribution in [1.82, 2.24) is 9.97 Å². The van der Waals surface area contributed by atoms with Crippen LogP contribution in [0, 0.1) is 0 Å². The summed E-state index contributed by atoms with van der Waals surface area (Å²) in [5, 5.41) is 3.50. The maximum atomic E-state index is 4.79. The minimum atomic E-state index is 0.169. The number of hydrogen-bond donors (Lipinski definition) is 2. The van der Waals surface area contributed by atoms with Gasteiger partial charge in [0.15, 0.2) is 0 Å². The lowest BCUT2D eigenvalue weighted by Gasteiger charge is -2.16. The fourth-order valence-corrected chi connectivity index (χ4v) is 3.47. The molecule has 0 fully saturated rings. The van der Waals surface area contributed by atoms with Crippen molar-refractivity contribution in [1.29, 1.82) is 0 Å². The van der Waals surface area contributed by atoms with Gasteiger partial charge in [-0.3, -0.25) is 0 Å². The maximum Gasteiger partial charge on any atom is 0.138 e. The Labute approximate surface area is 134 Å². The van der Waals surface area contributed by atoms with Gasteiger partial charge in [0.1, 0.15) is 5.82 Å². The second-order valence-electron chi connectivity index (χ2n) is 6.47. The molecule has 1 aliphatic heterocycles. The normalized spacial score (nSPS) is 15.8. The molecule has 22 heavy (non-hydrogen) atoms. The van der Waals surface area contributed by atoms with Gasteiger partial charge in [-0.25, -0.2) is 4.98 Å². The zero-order chi connectivity index (χ0) is 15.3. The number of aromatic nitrogens is 2. The summed E-state index contributed by atoms with van der Waals surface area (Å²) in [6, 6.07) is 12.9. The van der Waals surface area contributed by atoms with Crippen molar-refractivity contribution >= 4 is 28.5 Å². The minimum absolute atomic E-state index is 0.169. The lowest BCUT2D eigenvalue weighted by molar-refractivity contribution is 0.586. The Hall–Kier alpha value is -1.94. The first-order valence-electron chi connectivity index (χ1n) is 7.49. The van der Waals surface area contributed by atoms with E-state index in [1.807, 2.05) is 0 Å². The molecule has 0 radical (unpaired) electrons. The Balaban J connectivity index is 1.81. The highest BCUT2D eigenvalue weighted by Gasteiger charge is 2.30. The van der Waals surface area contributed by atoms with Crippen LogP contribution in [-0.2, 0) is 5.41 Å². The molecule has 0 bridgehead atoms. The molecule has 1 aliphatic rings. The van der Waals surface area contributed by atoms with Crippen molar-refractivity contribution in [3.8, 4) is 11.4 Å². The molecule has 0 spiro atoms. The maximum absolute atomic E-state index is 4.79. The van der Waals surface area contributed by atoms with E-state index in [0.717, 1.165) is 29.0 Å². The van der Waals surface area contributed by atoms with Crippen LogP contribution in [0.25, 0.3) is 22.4 Å². The van der Waals surface area contributed by atoms with Gasteiger partial charge in [-0.15, -0.1) is 11.8 Å². The molecule has 4 heteroatoms. The third-order valence-electron chi connectivity index (χ3n) is 4.43. The zero-order valence-corrected chi connectivity index (χ0v) is 13.8. The third-order valence-corrected chi connectivity index (χ3v) is 5.18. The summed E-state index contributed by atoms with van der Waals surface area (Å²) in [7, 11) is 0. The monoisotopic (exact) mass is 309 g/mol. The molecule has 112 valence electrons. The second-order valence-corrected chi connectivity index (χ2v) is 7.35. The molecule has 2 aromatic carbocycles. The number of H-pyrrole nitrogens is 1. The Bertz CT molecular complexity index is 847. The number of nitrogens with one attached hydrogen (secondary N) is 2. The van der Waals surface area contributed by atoms with Gasteiger partial charge in [0.2, 0.25) is 0 Å². The summed E-state index contributed by atoms with van der Waals surface area (Å²) < 4.78 is 0. The minimum Gasteiger partial charge on any atom is -0.384 e. The molecular formula is C18H19N3S. The Morgan fingerprint density at radius 3 is 2.64 bits per heavy atom. The number of aromatic amines is 1. The highest BCUT2D eigenvalue weighted by atomic mass is 32.2. The summed E-state index contributed by atoms with van der Waals surface area (Å²) in [5.74, 6) is 0.934. The fraction of sp³-hybridized carbons (Fsp3) is 0.278. The van der Waals surface area contributed by atoms with Crippen LogP contribution >= 0.6 is 11.8 Å². The summed E-state index contributed by atoms with van der Waals surface area (Å²) in [6.07, 6.45) is 2.09. The van der Waals surface area contributed by atoms with Gasteiger partial charge in [-0.1, -0.05) is 26.0 Å². The molecule has 4 rings (SSSR count). The average Bonchev–Trinajstić information content (AvgIpc) is 3.06. The van der Waals surface area contributed by atoms with Gasteiger partial charge in [0, 0.05) is 28.1 Å². The average molecular weight is 309 g/mol. The quantitative estimate of drug-likeness (QED) is 0.677. The van der Waals surface area contributed by atoms with Crippen LogP contribution in [0.5, 0.6) is 0 Å². The smallest absolute Gasteiger partial charge is 0.138 e. The van der Waals surface area contributed by atoms with E-state index < -0.39 is 0 Å². The first-order chi connectivity index (χ1) is 10.6. The molecule has 0 saturated heterocycles. The number of rotatable bonds is 2. The van der Waals surface area contributed by atoms with E-state index in [1.54, 1.807) is 11.8 Å². The summed E-state index contributed by atoms with van der Waals surface area (Å²) in [4.78, 5) is 9.51. The van der Waals surface area contributed by atoms with Crippen LogP contribution in [0.15, 0.2) is 41.3 Å². The molecular weight excluding hydrogens is 290 g/mol. The van der Waals surface area contributed by atoms with E-state index in [1.165, 1.54) is 16.1 Å². The van der Waals surface area contributed by atoms with Crippen LogP contribution in [0.4, 0.5) is 5.69 Å². The fourth-order valence-electron chi connectivity index (χ4n) is 3.06. The van der Waals surface area contributed by atoms with Crippen molar-refractivity contribution in [3.05, 3.63) is 42.0 Å². The predicted octanol–water partition coefficient (Wildman–Crippen LogP) is 4.65. The number of benzene rings is 2. The van der Waals surface area contributed by atoms with Crippen LogP contribution in [0.2, 0.25) is 0 Å². The van der Waals surface area contributed by atoms with E-state index in [9.17, 15) is 0 Å². The largest absolute Gasteiger partial charge is 0.384 e. The van der Waals surface area contributed by atoms with Gasteiger partial charge in [-0.05, 0) is 36.1 Å². The topological polar surface area (TPSA) is 40.7 Å². The van der Waals surface area contributed by atoms with Gasteiger partial charge < -0.3 is 10.3 Å². The third kappa shape index (κ3) is 2.10. The molecule has 0 atom stereocenters. The van der Waals surface area contributed by atoms with Gasteiger partial charge in [0.05, 0.1) is 11.0 Å². The van der Waals surface area contributed by atoms with Crippen molar-refractivity contribution in [2.75, 3.05) is 18.1 Å². The molecule has 0 amide bonds. The SMILES string of the molecule is CSc1ccc(-c2nc3cc4c(cc3[nH]2)NCC4(C)C)cc1. The molecule has 1 aromatic heterocycles. The molecule has 3 nitrogen and oxygen atoms in total. The van der Waals surface area contributed by atoms with Crippen LogP contribution in [0.1, 0.15) is 19.4 Å². The summed E-state index contributed by atoms with van der Waals surface area (Å²) >= 11 is 1.75. The van der Waals surface area contributed by atoms with Crippen LogP contribution in [-0.4, -0.2) is 22.8 Å². The number of imidazole rings is 1. The molecule has 3 aromatic rings. The lowest BCUT2D eigenvalue weighted by atomic mass is 9.87. The van der Waals surface area contributed by atoms with Crippen LogP contribution in [0.3, 0.4) is 0 Å².